The van der Waals surface area contributed by atoms with Crippen molar-refractivity contribution in [3.8, 4) is 0 Å². The van der Waals surface area contributed by atoms with Gasteiger partial charge >= 0.3 is 0 Å². The summed E-state index contributed by atoms with van der Waals surface area (Å²) in [6.45, 7) is 2.05. The fourth-order valence-corrected chi connectivity index (χ4v) is 2.87. The molecule has 0 aliphatic heterocycles. The third-order valence-corrected chi connectivity index (χ3v) is 4.20. The second-order valence-corrected chi connectivity index (χ2v) is 6.08. The monoisotopic (exact) mass is 298 g/mol. The van der Waals surface area contributed by atoms with Crippen LogP contribution in [0.3, 0.4) is 0 Å². The number of aromatic nitrogens is 2. The van der Waals surface area contributed by atoms with Crippen LogP contribution in [0.2, 0.25) is 0 Å². The number of nitrogen functional groups attached to an aromatic ring is 1. The van der Waals surface area contributed by atoms with Gasteiger partial charge < -0.3 is 5.73 Å². The Morgan fingerprint density at radius 2 is 2.20 bits per heavy atom. The number of rotatable bonds is 5. The molecule has 108 valence electrons. The Hall–Kier alpha value is -1.93. The summed E-state index contributed by atoms with van der Waals surface area (Å²) in [5.74, 6) is -0.597. The zero-order valence-corrected chi connectivity index (χ0v) is 11.7. The molecule has 0 aliphatic rings. The van der Waals surface area contributed by atoms with Crippen molar-refractivity contribution in [1.82, 2.24) is 14.5 Å². The Bertz CT molecular complexity index is 675. The molecule has 0 spiro atoms. The maximum Gasteiger partial charge on any atom is 0.240 e. The minimum absolute atomic E-state index is 0.0469. The number of benzene rings is 1. The molecule has 3 N–H and O–H groups in total. The van der Waals surface area contributed by atoms with Gasteiger partial charge in [0.1, 0.15) is 5.82 Å². The standard InChI is InChI=1S/C12H15FN4O2S/c1-9-7-10(8-11(14)12(9)13)20(18,19)16-4-6-17-5-2-3-15-17/h2-3,5,7-8,16H,4,6,14H2,1H3. The van der Waals surface area contributed by atoms with E-state index >= 15 is 0 Å². The van der Waals surface area contributed by atoms with Crippen molar-refractivity contribution in [2.24, 2.45) is 0 Å². The molecule has 0 atom stereocenters. The molecular weight excluding hydrogens is 283 g/mol. The average molecular weight is 298 g/mol. The van der Waals surface area contributed by atoms with Crippen LogP contribution in [0.4, 0.5) is 10.1 Å². The molecule has 0 saturated heterocycles. The van der Waals surface area contributed by atoms with Gasteiger partial charge in [-0.2, -0.15) is 5.10 Å². The average Bonchev–Trinajstić information content (AvgIpc) is 2.88. The second kappa shape index (κ2) is 5.59. The maximum absolute atomic E-state index is 13.4. The number of sulfonamides is 1. The van der Waals surface area contributed by atoms with E-state index in [1.54, 1.807) is 23.1 Å². The van der Waals surface area contributed by atoms with E-state index in [9.17, 15) is 12.8 Å². The highest BCUT2D eigenvalue weighted by atomic mass is 32.2. The number of nitrogens with one attached hydrogen (secondary N) is 1. The number of nitrogens with zero attached hydrogens (tertiary/aromatic N) is 2. The SMILES string of the molecule is Cc1cc(S(=O)(=O)NCCn2cccn2)cc(N)c1F. The summed E-state index contributed by atoms with van der Waals surface area (Å²) in [5.41, 5.74) is 5.45. The van der Waals surface area contributed by atoms with Crippen molar-refractivity contribution >= 4 is 15.7 Å². The highest BCUT2D eigenvalue weighted by molar-refractivity contribution is 7.89. The topological polar surface area (TPSA) is 90.0 Å². The third-order valence-electron chi connectivity index (χ3n) is 2.76. The molecule has 1 aromatic carbocycles. The lowest BCUT2D eigenvalue weighted by Gasteiger charge is -2.09. The summed E-state index contributed by atoms with van der Waals surface area (Å²) >= 11 is 0. The van der Waals surface area contributed by atoms with Crippen LogP contribution in [0.1, 0.15) is 5.56 Å². The highest BCUT2D eigenvalue weighted by Crippen LogP contribution is 2.20. The lowest BCUT2D eigenvalue weighted by atomic mass is 10.2. The largest absolute Gasteiger partial charge is 0.396 e. The van der Waals surface area contributed by atoms with E-state index in [-0.39, 0.29) is 22.7 Å². The fourth-order valence-electron chi connectivity index (χ4n) is 1.73. The van der Waals surface area contributed by atoms with Gasteiger partial charge in [-0.3, -0.25) is 4.68 Å². The normalized spacial score (nSPS) is 11.7. The van der Waals surface area contributed by atoms with Gasteiger partial charge in [0.25, 0.3) is 0 Å². The quantitative estimate of drug-likeness (QED) is 0.802. The van der Waals surface area contributed by atoms with E-state index in [1.165, 1.54) is 13.0 Å². The van der Waals surface area contributed by atoms with Gasteiger partial charge in [-0.1, -0.05) is 0 Å². The van der Waals surface area contributed by atoms with Crippen molar-refractivity contribution in [2.45, 2.75) is 18.4 Å². The van der Waals surface area contributed by atoms with Gasteiger partial charge in [0, 0.05) is 18.9 Å². The Labute approximate surface area is 116 Å². The van der Waals surface area contributed by atoms with E-state index in [1.807, 2.05) is 0 Å². The lowest BCUT2D eigenvalue weighted by molar-refractivity contribution is 0.560. The van der Waals surface area contributed by atoms with Gasteiger partial charge in [-0.25, -0.2) is 17.5 Å². The van der Waals surface area contributed by atoms with Crippen LogP contribution >= 0.6 is 0 Å². The predicted molar refractivity (Wildman–Crippen MR) is 73.0 cm³/mol. The summed E-state index contributed by atoms with van der Waals surface area (Å²) in [4.78, 5) is -0.0469. The van der Waals surface area contributed by atoms with Crippen molar-refractivity contribution in [3.63, 3.8) is 0 Å². The highest BCUT2D eigenvalue weighted by Gasteiger charge is 2.16. The van der Waals surface area contributed by atoms with Crippen LogP contribution in [-0.2, 0) is 16.6 Å². The van der Waals surface area contributed by atoms with E-state index in [0.717, 1.165) is 6.07 Å². The number of halogens is 1. The summed E-state index contributed by atoms with van der Waals surface area (Å²) < 4.78 is 41.5. The van der Waals surface area contributed by atoms with E-state index < -0.39 is 15.8 Å². The fraction of sp³-hybridized carbons (Fsp3) is 0.250. The van der Waals surface area contributed by atoms with E-state index in [0.29, 0.717) is 6.54 Å². The number of hydrogen-bond acceptors (Lipinski definition) is 4. The van der Waals surface area contributed by atoms with E-state index in [2.05, 4.69) is 9.82 Å². The van der Waals surface area contributed by atoms with Gasteiger partial charge in [-0.15, -0.1) is 0 Å². The van der Waals surface area contributed by atoms with Gasteiger partial charge in [0.15, 0.2) is 0 Å². The predicted octanol–water partition coefficient (Wildman–Crippen LogP) is 0.891. The molecule has 0 radical (unpaired) electrons. The summed E-state index contributed by atoms with van der Waals surface area (Å²) in [6.07, 6.45) is 3.34. The Morgan fingerprint density at radius 3 is 2.80 bits per heavy atom. The first kappa shape index (κ1) is 14.5. The Kier molecular flexibility index (Phi) is 4.05. The molecule has 0 saturated carbocycles. The lowest BCUT2D eigenvalue weighted by Crippen LogP contribution is -2.27. The molecular formula is C12H15FN4O2S. The molecule has 0 aliphatic carbocycles. The zero-order valence-electron chi connectivity index (χ0n) is 10.9. The van der Waals surface area contributed by atoms with Crippen molar-refractivity contribution in [2.75, 3.05) is 12.3 Å². The van der Waals surface area contributed by atoms with Crippen molar-refractivity contribution < 1.29 is 12.8 Å². The van der Waals surface area contributed by atoms with Crippen LogP contribution in [0.25, 0.3) is 0 Å². The van der Waals surface area contributed by atoms with Crippen LogP contribution in [0.15, 0.2) is 35.5 Å². The molecule has 2 aromatic rings. The Morgan fingerprint density at radius 1 is 1.45 bits per heavy atom. The van der Waals surface area contributed by atoms with Crippen molar-refractivity contribution in [1.29, 1.82) is 0 Å². The molecule has 0 unspecified atom stereocenters. The first-order valence-corrected chi connectivity index (χ1v) is 7.41. The minimum Gasteiger partial charge on any atom is -0.396 e. The number of anilines is 1. The van der Waals surface area contributed by atoms with Crippen molar-refractivity contribution in [3.05, 3.63) is 42.0 Å². The maximum atomic E-state index is 13.4. The molecule has 2 rings (SSSR count). The van der Waals surface area contributed by atoms with Gasteiger partial charge in [-0.05, 0) is 30.7 Å². The first-order chi connectivity index (χ1) is 9.40. The summed E-state index contributed by atoms with van der Waals surface area (Å²) in [7, 11) is -3.71. The molecule has 8 heteroatoms. The van der Waals surface area contributed by atoms with Crippen LogP contribution in [-0.4, -0.2) is 24.7 Å². The van der Waals surface area contributed by atoms with Crippen LogP contribution < -0.4 is 10.5 Å². The molecule has 1 aromatic heterocycles. The van der Waals surface area contributed by atoms with Crippen LogP contribution in [0.5, 0.6) is 0 Å². The molecule has 0 bridgehead atoms. The second-order valence-electron chi connectivity index (χ2n) is 4.31. The van der Waals surface area contributed by atoms with E-state index in [4.69, 9.17) is 5.73 Å². The molecule has 6 nitrogen and oxygen atoms in total. The summed E-state index contributed by atoms with van der Waals surface area (Å²) in [6, 6.07) is 4.11. The molecule has 1 heterocycles. The molecule has 0 amide bonds. The third kappa shape index (κ3) is 3.14. The number of aryl methyl sites for hydroxylation is 1. The van der Waals surface area contributed by atoms with Gasteiger partial charge in [0.2, 0.25) is 10.0 Å². The minimum atomic E-state index is -3.71. The molecule has 20 heavy (non-hydrogen) atoms. The van der Waals surface area contributed by atoms with Crippen LogP contribution in [0, 0.1) is 12.7 Å². The smallest absolute Gasteiger partial charge is 0.240 e. The molecule has 0 fully saturated rings. The van der Waals surface area contributed by atoms with Gasteiger partial charge in [0.05, 0.1) is 17.1 Å². The Balaban J connectivity index is 2.10. The number of hydrogen-bond donors (Lipinski definition) is 2. The first-order valence-electron chi connectivity index (χ1n) is 5.93. The zero-order chi connectivity index (χ0) is 14.8. The summed E-state index contributed by atoms with van der Waals surface area (Å²) in [5, 5.41) is 3.96. The number of nitrogens with two attached hydrogens (primary N) is 1.